The molecule has 1 aromatic heterocycles. The van der Waals surface area contributed by atoms with Gasteiger partial charge in [-0.15, -0.1) is 0 Å². The molecule has 2 nitrogen and oxygen atoms in total. The Kier molecular flexibility index (Phi) is 6.96. The molecule has 1 heterocycles. The van der Waals surface area contributed by atoms with Crippen LogP contribution in [0.15, 0.2) is 180 Å². The molecular weight excluding hydrogens is 612 g/mol. The number of halogens is 1. The Morgan fingerprint density at radius 3 is 2.00 bits per heavy atom. The highest BCUT2D eigenvalue weighted by molar-refractivity contribution is 9.10. The number of fused-ring (bicyclic) bond motifs is 3. The van der Waals surface area contributed by atoms with E-state index in [-0.39, 0.29) is 0 Å². The summed E-state index contributed by atoms with van der Waals surface area (Å²) in [5, 5.41) is 2.50. The summed E-state index contributed by atoms with van der Waals surface area (Å²) >= 11 is 3.86. The average molecular weight is 641 g/mol. The SMILES string of the molecule is Brc1cc(-c2ccc3c4ccccc4n(-c4ccccc4)c3c2)cc(N(C2=CC=[C+]C=C2)c2ccc(-c3ccccc3)cc2)c1. The molecule has 8 rings (SSSR count). The molecule has 0 unspecified atom stereocenters. The van der Waals surface area contributed by atoms with Gasteiger partial charge >= 0.3 is 0 Å². The lowest BCUT2D eigenvalue weighted by Crippen LogP contribution is -2.15. The maximum absolute atomic E-state index is 3.86. The monoisotopic (exact) mass is 639 g/mol. The Hall–Kier alpha value is -5.47. The van der Waals surface area contributed by atoms with Crippen molar-refractivity contribution in [2.24, 2.45) is 0 Å². The number of anilines is 2. The van der Waals surface area contributed by atoms with Gasteiger partial charge in [0.25, 0.3) is 0 Å². The average Bonchev–Trinajstić information content (AvgIpc) is 3.43. The molecule has 0 N–H and O–H groups in total. The lowest BCUT2D eigenvalue weighted by atomic mass is 10.0. The van der Waals surface area contributed by atoms with Crippen molar-refractivity contribution in [1.29, 1.82) is 0 Å². The minimum atomic E-state index is 1.02. The summed E-state index contributed by atoms with van der Waals surface area (Å²) in [5.74, 6) is 0. The molecule has 0 amide bonds. The number of allylic oxidation sites excluding steroid dienone is 5. The van der Waals surface area contributed by atoms with Crippen LogP contribution in [0.5, 0.6) is 0 Å². The van der Waals surface area contributed by atoms with Crippen molar-refractivity contribution >= 4 is 49.1 Å². The fourth-order valence-electron chi connectivity index (χ4n) is 6.28. The third kappa shape index (κ3) is 5.09. The largest absolute Gasteiger partial charge is 0.309 e. The van der Waals surface area contributed by atoms with E-state index in [9.17, 15) is 0 Å². The standard InChI is InChI=1S/C42H28BrN2/c43-34-26-33(32-22-25-40-39-18-10-11-19-41(39)45(42(40)28-32)36-16-8-3-9-17-36)27-38(29-34)44(35-14-6-2-7-15-35)37-23-20-31(21-24-37)30-12-4-1-5-13-30/h1,3-29H/q+1. The first-order valence-corrected chi connectivity index (χ1v) is 15.8. The molecule has 0 atom stereocenters. The van der Waals surface area contributed by atoms with Crippen LogP contribution in [0.4, 0.5) is 11.4 Å². The number of hydrogen-bond acceptors (Lipinski definition) is 1. The first-order chi connectivity index (χ1) is 22.2. The van der Waals surface area contributed by atoms with E-state index in [1.165, 1.54) is 32.9 Å². The van der Waals surface area contributed by atoms with E-state index in [0.717, 1.165) is 38.4 Å². The summed E-state index contributed by atoms with van der Waals surface area (Å²) in [7, 11) is 0. The number of para-hydroxylation sites is 2. The molecule has 0 saturated carbocycles. The predicted octanol–water partition coefficient (Wildman–Crippen LogP) is 11.8. The Bertz CT molecular complexity index is 2260. The van der Waals surface area contributed by atoms with Crippen LogP contribution in [0.25, 0.3) is 49.7 Å². The van der Waals surface area contributed by atoms with Crippen LogP contribution in [0.1, 0.15) is 0 Å². The topological polar surface area (TPSA) is 8.17 Å². The van der Waals surface area contributed by atoms with Crippen LogP contribution >= 0.6 is 15.9 Å². The van der Waals surface area contributed by atoms with Gasteiger partial charge in [-0.1, -0.05) is 107 Å². The first-order valence-electron chi connectivity index (χ1n) is 15.0. The van der Waals surface area contributed by atoms with E-state index in [0.29, 0.717) is 0 Å². The molecule has 7 aromatic rings. The Morgan fingerprint density at radius 1 is 0.533 bits per heavy atom. The Balaban J connectivity index is 1.27. The molecule has 0 aliphatic heterocycles. The van der Waals surface area contributed by atoms with Gasteiger partial charge in [0.15, 0.2) is 5.70 Å². The second-order valence-corrected chi connectivity index (χ2v) is 12.0. The molecule has 45 heavy (non-hydrogen) atoms. The van der Waals surface area contributed by atoms with Gasteiger partial charge in [0.1, 0.15) is 12.2 Å². The highest BCUT2D eigenvalue weighted by Gasteiger charge is 2.20. The van der Waals surface area contributed by atoms with E-state index >= 15 is 0 Å². The summed E-state index contributed by atoms with van der Waals surface area (Å²) in [5.41, 5.74) is 11.5. The van der Waals surface area contributed by atoms with Crippen LogP contribution in [-0.4, -0.2) is 4.57 Å². The molecule has 1 aliphatic rings. The van der Waals surface area contributed by atoms with Crippen molar-refractivity contribution in [1.82, 2.24) is 4.57 Å². The fraction of sp³-hybridized carbons (Fsp3) is 0. The fourth-order valence-corrected chi connectivity index (χ4v) is 6.76. The number of benzene rings is 6. The minimum Gasteiger partial charge on any atom is -0.309 e. The van der Waals surface area contributed by atoms with Crippen molar-refractivity contribution in [3.8, 4) is 27.9 Å². The van der Waals surface area contributed by atoms with Crippen LogP contribution in [0.2, 0.25) is 0 Å². The van der Waals surface area contributed by atoms with Crippen LogP contribution < -0.4 is 4.90 Å². The van der Waals surface area contributed by atoms with Gasteiger partial charge in [-0.2, -0.15) is 0 Å². The van der Waals surface area contributed by atoms with Crippen LogP contribution in [0, 0.1) is 6.08 Å². The first kappa shape index (κ1) is 27.1. The maximum atomic E-state index is 3.86. The molecule has 6 aromatic carbocycles. The zero-order valence-electron chi connectivity index (χ0n) is 24.4. The van der Waals surface area contributed by atoms with E-state index in [2.05, 4.69) is 189 Å². The van der Waals surface area contributed by atoms with E-state index in [1.54, 1.807) is 0 Å². The van der Waals surface area contributed by atoms with Gasteiger partial charge in [-0.05, 0) is 76.9 Å². The lowest BCUT2D eigenvalue weighted by Gasteiger charge is -2.25. The predicted molar refractivity (Wildman–Crippen MR) is 193 cm³/mol. The normalized spacial score (nSPS) is 12.3. The van der Waals surface area contributed by atoms with Gasteiger partial charge in [0, 0.05) is 32.7 Å². The second kappa shape index (κ2) is 11.6. The van der Waals surface area contributed by atoms with Crippen molar-refractivity contribution in [3.05, 3.63) is 186 Å². The van der Waals surface area contributed by atoms with Gasteiger partial charge < -0.3 is 4.57 Å². The molecular formula is C42H28BrN2+. The lowest BCUT2D eigenvalue weighted by molar-refractivity contribution is 1.18. The molecule has 0 spiro atoms. The Labute approximate surface area is 271 Å². The quantitative estimate of drug-likeness (QED) is 0.164. The summed E-state index contributed by atoms with van der Waals surface area (Å²) in [4.78, 5) is 2.30. The van der Waals surface area contributed by atoms with Gasteiger partial charge in [-0.3, -0.25) is 4.90 Å². The molecule has 212 valence electrons. The molecule has 1 aliphatic carbocycles. The highest BCUT2D eigenvalue weighted by Crippen LogP contribution is 2.39. The Morgan fingerprint density at radius 2 is 1.22 bits per heavy atom. The van der Waals surface area contributed by atoms with E-state index < -0.39 is 0 Å². The molecule has 3 heteroatoms. The number of hydrogen-bond donors (Lipinski definition) is 0. The summed E-state index contributed by atoms with van der Waals surface area (Å²) in [6, 6.07) is 52.1. The number of nitrogens with zero attached hydrogens (tertiary/aromatic N) is 2. The summed E-state index contributed by atoms with van der Waals surface area (Å²) in [6.07, 6.45) is 11.3. The van der Waals surface area contributed by atoms with Gasteiger partial charge in [0.05, 0.1) is 28.9 Å². The van der Waals surface area contributed by atoms with E-state index in [4.69, 9.17) is 0 Å². The zero-order chi connectivity index (χ0) is 30.2. The van der Waals surface area contributed by atoms with Crippen molar-refractivity contribution < 1.29 is 0 Å². The molecule has 0 saturated heterocycles. The highest BCUT2D eigenvalue weighted by atomic mass is 79.9. The molecule has 0 fully saturated rings. The number of rotatable bonds is 6. The van der Waals surface area contributed by atoms with Crippen molar-refractivity contribution in [2.45, 2.75) is 0 Å². The third-order valence-corrected chi connectivity index (χ3v) is 8.81. The molecule has 0 radical (unpaired) electrons. The van der Waals surface area contributed by atoms with Gasteiger partial charge in [-0.25, -0.2) is 0 Å². The second-order valence-electron chi connectivity index (χ2n) is 11.1. The zero-order valence-corrected chi connectivity index (χ0v) is 26.0. The molecule has 0 bridgehead atoms. The number of aromatic nitrogens is 1. The van der Waals surface area contributed by atoms with E-state index in [1.807, 2.05) is 12.2 Å². The minimum absolute atomic E-state index is 1.02. The van der Waals surface area contributed by atoms with Crippen LogP contribution in [0.3, 0.4) is 0 Å². The van der Waals surface area contributed by atoms with Crippen LogP contribution in [-0.2, 0) is 0 Å². The maximum Gasteiger partial charge on any atom is 0.160 e. The summed E-state index contributed by atoms with van der Waals surface area (Å²) < 4.78 is 3.39. The smallest absolute Gasteiger partial charge is 0.160 e. The van der Waals surface area contributed by atoms with Crippen molar-refractivity contribution in [3.63, 3.8) is 0 Å². The third-order valence-electron chi connectivity index (χ3n) is 8.35. The van der Waals surface area contributed by atoms with Crippen molar-refractivity contribution in [2.75, 3.05) is 4.90 Å². The summed E-state index contributed by atoms with van der Waals surface area (Å²) in [6.45, 7) is 0. The van der Waals surface area contributed by atoms with Gasteiger partial charge in [0.2, 0.25) is 0 Å².